The van der Waals surface area contributed by atoms with E-state index in [1.807, 2.05) is 31.3 Å². The summed E-state index contributed by atoms with van der Waals surface area (Å²) in [4.78, 5) is 3.38. The van der Waals surface area contributed by atoms with Gasteiger partial charge in [-0.1, -0.05) is 13.0 Å². The first-order valence-electron chi connectivity index (χ1n) is 6.80. The van der Waals surface area contributed by atoms with Gasteiger partial charge in [0.05, 0.1) is 21.5 Å². The molecule has 0 aliphatic carbocycles. The number of anilines is 1. The van der Waals surface area contributed by atoms with Gasteiger partial charge in [-0.2, -0.15) is 5.26 Å². The Bertz CT molecular complexity index is 647. The molecule has 2 aromatic rings. The largest absolute Gasteiger partial charge is 0.365 e. The van der Waals surface area contributed by atoms with Crippen molar-refractivity contribution in [3.05, 3.63) is 50.6 Å². The van der Waals surface area contributed by atoms with Crippen LogP contribution in [-0.2, 0) is 0 Å². The first-order chi connectivity index (χ1) is 10.1. The van der Waals surface area contributed by atoms with Crippen LogP contribution >= 0.6 is 27.3 Å². The van der Waals surface area contributed by atoms with Crippen LogP contribution in [0.2, 0.25) is 0 Å². The number of rotatable bonds is 5. The molecule has 21 heavy (non-hydrogen) atoms. The van der Waals surface area contributed by atoms with Gasteiger partial charge in [0, 0.05) is 23.7 Å². The minimum absolute atomic E-state index is 0.0336. The predicted molar refractivity (Wildman–Crippen MR) is 92.6 cm³/mol. The molecule has 0 saturated carbocycles. The van der Waals surface area contributed by atoms with E-state index in [4.69, 9.17) is 11.0 Å². The number of nitriles is 1. The van der Waals surface area contributed by atoms with Crippen LogP contribution in [0.15, 0.2) is 40.2 Å². The zero-order valence-electron chi connectivity index (χ0n) is 12.1. The van der Waals surface area contributed by atoms with E-state index in [0.29, 0.717) is 5.56 Å². The van der Waals surface area contributed by atoms with Gasteiger partial charge in [-0.3, -0.25) is 0 Å². The number of thiophene rings is 1. The zero-order chi connectivity index (χ0) is 15.4. The van der Waals surface area contributed by atoms with Gasteiger partial charge >= 0.3 is 0 Å². The van der Waals surface area contributed by atoms with E-state index in [2.05, 4.69) is 46.0 Å². The van der Waals surface area contributed by atoms with E-state index in [9.17, 15) is 0 Å². The summed E-state index contributed by atoms with van der Waals surface area (Å²) < 4.78 is 1.10. The number of hydrogen-bond donors (Lipinski definition) is 1. The third kappa shape index (κ3) is 3.65. The van der Waals surface area contributed by atoms with Crippen molar-refractivity contribution in [3.8, 4) is 6.07 Å². The summed E-state index contributed by atoms with van der Waals surface area (Å²) in [6.45, 7) is 2.10. The Morgan fingerprint density at radius 3 is 2.71 bits per heavy atom. The molecule has 1 aromatic carbocycles. The zero-order valence-corrected chi connectivity index (χ0v) is 14.5. The summed E-state index contributed by atoms with van der Waals surface area (Å²) in [5.41, 5.74) is 8.02. The number of benzene rings is 1. The molecule has 0 aliphatic heterocycles. The molecular formula is C16H18BrN3S. The number of nitrogens with two attached hydrogens (primary N) is 1. The lowest BCUT2D eigenvalue weighted by atomic mass is 10.0. The van der Waals surface area contributed by atoms with Crippen LogP contribution in [0.5, 0.6) is 0 Å². The first kappa shape index (κ1) is 16.0. The highest BCUT2D eigenvalue weighted by Crippen LogP contribution is 2.35. The Hall–Kier alpha value is -1.35. The van der Waals surface area contributed by atoms with Gasteiger partial charge in [0.1, 0.15) is 0 Å². The summed E-state index contributed by atoms with van der Waals surface area (Å²) in [7, 11) is 2.03. The maximum absolute atomic E-state index is 9.06. The molecular weight excluding hydrogens is 346 g/mol. The van der Waals surface area contributed by atoms with Crippen molar-refractivity contribution in [2.24, 2.45) is 5.73 Å². The van der Waals surface area contributed by atoms with E-state index >= 15 is 0 Å². The lowest BCUT2D eigenvalue weighted by molar-refractivity contribution is 0.516. The molecule has 2 N–H and O–H groups in total. The molecule has 5 heteroatoms. The topological polar surface area (TPSA) is 53.0 Å². The van der Waals surface area contributed by atoms with Crippen LogP contribution in [0, 0.1) is 11.3 Å². The number of nitrogens with zero attached hydrogens (tertiary/aromatic N) is 2. The molecule has 2 atom stereocenters. The number of hydrogen-bond acceptors (Lipinski definition) is 4. The minimum Gasteiger partial charge on any atom is -0.365 e. The highest BCUT2D eigenvalue weighted by Gasteiger charge is 2.25. The minimum atomic E-state index is 0.0336. The third-order valence-electron chi connectivity index (χ3n) is 3.56. The predicted octanol–water partition coefficient (Wildman–Crippen LogP) is 4.30. The van der Waals surface area contributed by atoms with Crippen LogP contribution in [0.3, 0.4) is 0 Å². The molecule has 0 amide bonds. The molecule has 0 saturated heterocycles. The van der Waals surface area contributed by atoms with Crippen molar-refractivity contribution < 1.29 is 0 Å². The number of halogens is 1. The molecule has 0 radical (unpaired) electrons. The van der Waals surface area contributed by atoms with Crippen molar-refractivity contribution in [1.82, 2.24) is 0 Å². The van der Waals surface area contributed by atoms with Crippen LogP contribution < -0.4 is 10.6 Å². The van der Waals surface area contributed by atoms with Crippen molar-refractivity contribution in [2.75, 3.05) is 11.9 Å². The van der Waals surface area contributed by atoms with E-state index in [1.54, 1.807) is 11.3 Å². The van der Waals surface area contributed by atoms with E-state index in [0.717, 1.165) is 15.9 Å². The molecule has 3 nitrogen and oxygen atoms in total. The molecule has 2 unspecified atom stereocenters. The fraction of sp³-hybridized carbons (Fsp3) is 0.312. The summed E-state index contributed by atoms with van der Waals surface area (Å²) in [6, 6.07) is 14.1. The van der Waals surface area contributed by atoms with Crippen molar-refractivity contribution >= 4 is 33.0 Å². The third-order valence-corrected chi connectivity index (χ3v) is 5.26. The van der Waals surface area contributed by atoms with Gasteiger partial charge in [0.2, 0.25) is 0 Å². The van der Waals surface area contributed by atoms with Crippen molar-refractivity contribution in [3.63, 3.8) is 0 Å². The normalized spacial score (nSPS) is 13.5. The molecule has 1 heterocycles. The second-order valence-corrected chi connectivity index (χ2v) is 7.43. The summed E-state index contributed by atoms with van der Waals surface area (Å²) in [5, 5.41) is 9.06. The highest BCUT2D eigenvalue weighted by atomic mass is 79.9. The van der Waals surface area contributed by atoms with Gasteiger partial charge in [-0.15, -0.1) is 11.3 Å². The van der Waals surface area contributed by atoms with Crippen molar-refractivity contribution in [2.45, 2.75) is 25.4 Å². The average molecular weight is 364 g/mol. The van der Waals surface area contributed by atoms with Gasteiger partial charge in [-0.25, -0.2) is 0 Å². The Morgan fingerprint density at radius 2 is 2.14 bits per heavy atom. The quantitative estimate of drug-likeness (QED) is 0.861. The lowest BCUT2D eigenvalue weighted by Crippen LogP contribution is -2.38. The highest BCUT2D eigenvalue weighted by molar-refractivity contribution is 9.11. The monoisotopic (exact) mass is 363 g/mol. The second kappa shape index (κ2) is 7.08. The fourth-order valence-corrected chi connectivity index (χ4v) is 4.00. The Morgan fingerprint density at radius 1 is 1.38 bits per heavy atom. The van der Waals surface area contributed by atoms with Crippen LogP contribution in [0.1, 0.15) is 29.8 Å². The summed E-state index contributed by atoms with van der Waals surface area (Å²) in [5.74, 6) is 0. The van der Waals surface area contributed by atoms with Crippen LogP contribution in [0.25, 0.3) is 0 Å². The maximum Gasteiger partial charge on any atom is 0.0992 e. The molecule has 0 fully saturated rings. The molecule has 0 spiro atoms. The van der Waals surface area contributed by atoms with E-state index in [-0.39, 0.29) is 12.1 Å². The van der Waals surface area contributed by atoms with Gasteiger partial charge in [-0.05, 0) is 52.7 Å². The van der Waals surface area contributed by atoms with Gasteiger partial charge < -0.3 is 10.6 Å². The molecule has 0 aliphatic rings. The Labute approximate surface area is 138 Å². The summed E-state index contributed by atoms with van der Waals surface area (Å²) >= 11 is 5.22. The SMILES string of the molecule is CCC(N)C(c1ccc(Br)s1)N(C)c1cccc(C#N)c1. The Kier molecular flexibility index (Phi) is 5.40. The lowest BCUT2D eigenvalue weighted by Gasteiger charge is -2.33. The summed E-state index contributed by atoms with van der Waals surface area (Å²) in [6.07, 6.45) is 0.891. The molecule has 0 bridgehead atoms. The molecule has 1 aromatic heterocycles. The maximum atomic E-state index is 9.06. The van der Waals surface area contributed by atoms with E-state index in [1.165, 1.54) is 4.88 Å². The van der Waals surface area contributed by atoms with Crippen LogP contribution in [0.4, 0.5) is 5.69 Å². The fourth-order valence-electron chi connectivity index (χ4n) is 2.36. The van der Waals surface area contributed by atoms with Gasteiger partial charge in [0.15, 0.2) is 0 Å². The standard InChI is InChI=1S/C16H18BrN3S/c1-3-13(19)16(14-7-8-15(17)21-14)20(2)12-6-4-5-11(9-12)10-18/h4-9,13,16H,3,19H2,1-2H3. The van der Waals surface area contributed by atoms with Gasteiger partial charge in [0.25, 0.3) is 0 Å². The number of likely N-dealkylation sites (N-methyl/N-ethyl adjacent to an activating group) is 1. The smallest absolute Gasteiger partial charge is 0.0992 e. The molecule has 2 rings (SSSR count). The second-order valence-electron chi connectivity index (χ2n) is 4.93. The van der Waals surface area contributed by atoms with E-state index < -0.39 is 0 Å². The molecule has 110 valence electrons. The Balaban J connectivity index is 2.38. The van der Waals surface area contributed by atoms with Crippen LogP contribution in [-0.4, -0.2) is 13.1 Å². The van der Waals surface area contributed by atoms with Crippen molar-refractivity contribution in [1.29, 1.82) is 5.26 Å². The average Bonchev–Trinajstić information content (AvgIpc) is 2.93. The first-order valence-corrected chi connectivity index (χ1v) is 8.41.